The third-order valence-corrected chi connectivity index (χ3v) is 4.94. The Morgan fingerprint density at radius 2 is 1.12 bits per heavy atom. The van der Waals surface area contributed by atoms with Gasteiger partial charge < -0.3 is 38.6 Å². The molecular formula is C24H38O10. The number of aromatic carboxylic acids is 2. The van der Waals surface area contributed by atoms with Crippen molar-refractivity contribution < 1.29 is 48.2 Å². The summed E-state index contributed by atoms with van der Waals surface area (Å²) in [4.78, 5) is 24.6. The first kappa shape index (κ1) is 30.0. The highest BCUT2D eigenvalue weighted by Gasteiger charge is 2.48. The molecule has 0 heterocycles. The van der Waals surface area contributed by atoms with E-state index in [0.29, 0.717) is 13.2 Å². The number of hydrogen-bond acceptors (Lipinski definition) is 8. The van der Waals surface area contributed by atoms with Crippen LogP contribution in [0, 0.1) is 0 Å². The molecule has 10 heteroatoms. The van der Waals surface area contributed by atoms with Gasteiger partial charge in [-0.2, -0.15) is 0 Å². The SMILES string of the molecule is CCOCC(OCC)(OCC)c1ccc(C(=O)O)c(C(=O)O)c1C(COCC)(OCC)OCC. The Kier molecular flexibility index (Phi) is 12.6. The molecule has 0 aliphatic heterocycles. The van der Waals surface area contributed by atoms with Crippen LogP contribution >= 0.6 is 0 Å². The van der Waals surface area contributed by atoms with Crippen LogP contribution in [0.1, 0.15) is 73.4 Å². The zero-order valence-electron chi connectivity index (χ0n) is 21.0. The van der Waals surface area contributed by atoms with E-state index in [4.69, 9.17) is 28.4 Å². The molecule has 10 nitrogen and oxygen atoms in total. The molecule has 194 valence electrons. The van der Waals surface area contributed by atoms with E-state index < -0.39 is 34.6 Å². The van der Waals surface area contributed by atoms with Crippen molar-refractivity contribution >= 4 is 11.9 Å². The number of benzene rings is 1. The highest BCUT2D eigenvalue weighted by Crippen LogP contribution is 2.42. The van der Waals surface area contributed by atoms with Gasteiger partial charge in [-0.15, -0.1) is 0 Å². The third kappa shape index (κ3) is 6.74. The van der Waals surface area contributed by atoms with Crippen molar-refractivity contribution in [3.63, 3.8) is 0 Å². The van der Waals surface area contributed by atoms with Crippen LogP contribution in [0.25, 0.3) is 0 Å². The average molecular weight is 487 g/mol. The number of carboxylic acid groups (broad SMARTS) is 2. The van der Waals surface area contributed by atoms with Gasteiger partial charge in [0, 0.05) is 50.8 Å². The Hall–Kier alpha value is -2.08. The lowest BCUT2D eigenvalue weighted by Gasteiger charge is -2.41. The van der Waals surface area contributed by atoms with Crippen molar-refractivity contribution in [1.29, 1.82) is 0 Å². The first-order chi connectivity index (χ1) is 16.2. The fourth-order valence-electron chi connectivity index (χ4n) is 3.82. The summed E-state index contributed by atoms with van der Waals surface area (Å²) in [6.45, 7) is 11.6. The molecule has 0 spiro atoms. The summed E-state index contributed by atoms with van der Waals surface area (Å²) < 4.78 is 35.5. The minimum absolute atomic E-state index is 0.0429. The summed E-state index contributed by atoms with van der Waals surface area (Å²) >= 11 is 0. The number of carboxylic acids is 2. The molecule has 0 saturated carbocycles. The molecule has 1 aromatic carbocycles. The van der Waals surface area contributed by atoms with Gasteiger partial charge in [-0.1, -0.05) is 6.07 Å². The minimum Gasteiger partial charge on any atom is -0.478 e. The van der Waals surface area contributed by atoms with E-state index in [9.17, 15) is 19.8 Å². The quantitative estimate of drug-likeness (QED) is 0.297. The summed E-state index contributed by atoms with van der Waals surface area (Å²) in [7, 11) is 0. The Morgan fingerprint density at radius 1 is 0.676 bits per heavy atom. The van der Waals surface area contributed by atoms with Crippen LogP contribution in [0.5, 0.6) is 0 Å². The first-order valence-electron chi connectivity index (χ1n) is 11.6. The lowest BCUT2D eigenvalue weighted by Crippen LogP contribution is -2.46. The molecule has 0 amide bonds. The topological polar surface area (TPSA) is 130 Å². The van der Waals surface area contributed by atoms with Gasteiger partial charge in [-0.25, -0.2) is 9.59 Å². The van der Waals surface area contributed by atoms with Gasteiger partial charge in [-0.3, -0.25) is 0 Å². The number of hydrogen-bond donors (Lipinski definition) is 2. The molecule has 1 rings (SSSR count). The van der Waals surface area contributed by atoms with Crippen molar-refractivity contribution in [2.45, 2.75) is 53.1 Å². The largest absolute Gasteiger partial charge is 0.478 e. The number of carbonyl (C=O) groups is 2. The monoisotopic (exact) mass is 486 g/mol. The van der Waals surface area contributed by atoms with E-state index in [-0.39, 0.29) is 50.8 Å². The molecule has 0 radical (unpaired) electrons. The van der Waals surface area contributed by atoms with E-state index in [1.807, 2.05) is 0 Å². The molecular weight excluding hydrogens is 448 g/mol. The van der Waals surface area contributed by atoms with Crippen molar-refractivity contribution in [3.05, 3.63) is 34.4 Å². The second kappa shape index (κ2) is 14.3. The van der Waals surface area contributed by atoms with Crippen LogP contribution < -0.4 is 0 Å². The second-order valence-electron chi connectivity index (χ2n) is 7.03. The summed E-state index contributed by atoms with van der Waals surface area (Å²) in [5.74, 6) is -6.18. The van der Waals surface area contributed by atoms with Gasteiger partial charge in [-0.05, 0) is 47.6 Å². The predicted octanol–water partition coefficient (Wildman–Crippen LogP) is 3.61. The highest BCUT2D eigenvalue weighted by atomic mass is 16.7. The predicted molar refractivity (Wildman–Crippen MR) is 123 cm³/mol. The molecule has 2 N–H and O–H groups in total. The van der Waals surface area contributed by atoms with Crippen molar-refractivity contribution in [1.82, 2.24) is 0 Å². The smallest absolute Gasteiger partial charge is 0.337 e. The molecule has 0 unspecified atom stereocenters. The fraction of sp³-hybridized carbons (Fsp3) is 0.667. The molecule has 0 saturated heterocycles. The zero-order chi connectivity index (χ0) is 25.8. The molecule has 0 aliphatic rings. The van der Waals surface area contributed by atoms with Crippen molar-refractivity contribution in [2.24, 2.45) is 0 Å². The van der Waals surface area contributed by atoms with Crippen LogP contribution in [0.3, 0.4) is 0 Å². The Labute approximate surface area is 201 Å². The van der Waals surface area contributed by atoms with Crippen LogP contribution in [-0.4, -0.2) is 75.0 Å². The van der Waals surface area contributed by atoms with E-state index in [1.165, 1.54) is 12.1 Å². The fourth-order valence-corrected chi connectivity index (χ4v) is 3.82. The minimum atomic E-state index is -1.75. The Balaban J connectivity index is 4.25. The molecule has 0 bridgehead atoms. The van der Waals surface area contributed by atoms with E-state index >= 15 is 0 Å². The molecule has 0 aromatic heterocycles. The summed E-state index contributed by atoms with van der Waals surface area (Å²) in [6, 6.07) is 2.68. The highest BCUT2D eigenvalue weighted by molar-refractivity contribution is 6.03. The summed E-state index contributed by atoms with van der Waals surface area (Å²) in [6.07, 6.45) is 0. The normalized spacial score (nSPS) is 12.2. The maximum Gasteiger partial charge on any atom is 0.337 e. The molecule has 34 heavy (non-hydrogen) atoms. The standard InChI is InChI=1S/C24H38O10/c1-7-29-15-23(31-9-3,32-10-4)18-14-13-17(21(25)26)19(22(27)28)20(18)24(33-11-5,34-12-6)16-30-8-2/h13-14H,7-12,15-16H2,1-6H3,(H,25,26)(H,27,28). The van der Waals surface area contributed by atoms with Gasteiger partial charge in [0.25, 0.3) is 0 Å². The van der Waals surface area contributed by atoms with Crippen LogP contribution in [0.2, 0.25) is 0 Å². The third-order valence-electron chi connectivity index (χ3n) is 4.94. The van der Waals surface area contributed by atoms with Gasteiger partial charge >= 0.3 is 11.9 Å². The molecule has 0 fully saturated rings. The molecule has 1 aromatic rings. The van der Waals surface area contributed by atoms with Crippen LogP contribution in [-0.2, 0) is 40.0 Å². The second-order valence-corrected chi connectivity index (χ2v) is 7.03. The Bertz CT molecular complexity index is 780. The van der Waals surface area contributed by atoms with Gasteiger partial charge in [0.1, 0.15) is 13.2 Å². The molecule has 0 atom stereocenters. The maximum atomic E-state index is 12.6. The lowest BCUT2D eigenvalue weighted by molar-refractivity contribution is -0.283. The van der Waals surface area contributed by atoms with Gasteiger partial charge in [0.2, 0.25) is 11.6 Å². The van der Waals surface area contributed by atoms with E-state index in [0.717, 1.165) is 0 Å². The van der Waals surface area contributed by atoms with Gasteiger partial charge in [0.15, 0.2) is 0 Å². The summed E-state index contributed by atoms with van der Waals surface area (Å²) in [5, 5.41) is 20.0. The van der Waals surface area contributed by atoms with Crippen LogP contribution in [0.4, 0.5) is 0 Å². The number of ether oxygens (including phenoxy) is 6. The molecule has 0 aliphatic carbocycles. The van der Waals surface area contributed by atoms with E-state index in [2.05, 4.69) is 0 Å². The summed E-state index contributed by atoms with van der Waals surface area (Å²) in [5.41, 5.74) is -0.732. The van der Waals surface area contributed by atoms with Crippen LogP contribution in [0.15, 0.2) is 12.1 Å². The Morgan fingerprint density at radius 3 is 1.50 bits per heavy atom. The van der Waals surface area contributed by atoms with Crippen molar-refractivity contribution in [3.8, 4) is 0 Å². The number of rotatable bonds is 18. The van der Waals surface area contributed by atoms with Crippen molar-refractivity contribution in [2.75, 3.05) is 52.9 Å². The van der Waals surface area contributed by atoms with Gasteiger partial charge in [0.05, 0.1) is 11.1 Å². The maximum absolute atomic E-state index is 12.6. The first-order valence-corrected chi connectivity index (χ1v) is 11.6. The van der Waals surface area contributed by atoms with E-state index in [1.54, 1.807) is 41.5 Å². The zero-order valence-corrected chi connectivity index (χ0v) is 21.0. The average Bonchev–Trinajstić information content (AvgIpc) is 2.80. The lowest BCUT2D eigenvalue weighted by atomic mass is 9.86.